The number of benzene rings is 1. The van der Waals surface area contributed by atoms with Crippen molar-refractivity contribution >= 4 is 16.0 Å². The van der Waals surface area contributed by atoms with Gasteiger partial charge < -0.3 is 4.90 Å². The second kappa shape index (κ2) is 5.82. The Balaban J connectivity index is 1.62. The van der Waals surface area contributed by atoms with E-state index in [4.69, 9.17) is 0 Å². The van der Waals surface area contributed by atoms with E-state index in [1.54, 1.807) is 41.0 Å². The van der Waals surface area contributed by atoms with Gasteiger partial charge in [0, 0.05) is 37.6 Å². The number of rotatable bonds is 3. The Bertz CT molecular complexity index is 841. The lowest BCUT2D eigenvalue weighted by Crippen LogP contribution is -2.40. The summed E-state index contributed by atoms with van der Waals surface area (Å²) in [7, 11) is -3.46. The fourth-order valence-electron chi connectivity index (χ4n) is 3.84. The van der Waals surface area contributed by atoms with Crippen molar-refractivity contribution in [3.8, 4) is 0 Å². The fourth-order valence-corrected chi connectivity index (χ4v) is 5.65. The lowest BCUT2D eigenvalue weighted by atomic mass is 10.1. The molecule has 24 heavy (non-hydrogen) atoms. The summed E-state index contributed by atoms with van der Waals surface area (Å²) in [6.07, 6.45) is 5.08. The van der Waals surface area contributed by atoms with Crippen LogP contribution in [-0.4, -0.2) is 47.9 Å². The van der Waals surface area contributed by atoms with Crippen LogP contribution in [0.1, 0.15) is 18.4 Å². The van der Waals surface area contributed by atoms with E-state index in [-0.39, 0.29) is 12.1 Å². The fraction of sp³-hybridized carbons (Fsp3) is 0.412. The van der Waals surface area contributed by atoms with Crippen molar-refractivity contribution < 1.29 is 8.42 Å². The smallest absolute Gasteiger partial charge is 0.243 e. The van der Waals surface area contributed by atoms with Gasteiger partial charge in [0.1, 0.15) is 0 Å². The first-order chi connectivity index (χ1) is 11.6. The van der Waals surface area contributed by atoms with E-state index < -0.39 is 10.0 Å². The van der Waals surface area contributed by atoms with Crippen LogP contribution in [0.5, 0.6) is 0 Å². The minimum absolute atomic E-state index is 0.000631. The normalized spacial score (nSPS) is 24.3. The Labute approximate surface area is 142 Å². The molecule has 2 fully saturated rings. The molecular formula is C17H20N4O2S. The van der Waals surface area contributed by atoms with E-state index >= 15 is 0 Å². The van der Waals surface area contributed by atoms with Crippen molar-refractivity contribution in [1.29, 1.82) is 0 Å². The Morgan fingerprint density at radius 1 is 1.04 bits per heavy atom. The summed E-state index contributed by atoms with van der Waals surface area (Å²) in [6.45, 7) is 3.25. The van der Waals surface area contributed by atoms with Crippen molar-refractivity contribution in [2.45, 2.75) is 36.7 Å². The van der Waals surface area contributed by atoms with E-state index in [0.29, 0.717) is 17.4 Å². The van der Waals surface area contributed by atoms with E-state index in [9.17, 15) is 8.42 Å². The van der Waals surface area contributed by atoms with E-state index in [1.165, 1.54) is 0 Å². The molecule has 3 heterocycles. The molecule has 0 radical (unpaired) electrons. The van der Waals surface area contributed by atoms with Gasteiger partial charge in [0.15, 0.2) is 0 Å². The van der Waals surface area contributed by atoms with Crippen LogP contribution in [0.2, 0.25) is 0 Å². The number of aromatic nitrogens is 2. The third-order valence-corrected chi connectivity index (χ3v) is 6.85. The van der Waals surface area contributed by atoms with Gasteiger partial charge in [-0.1, -0.05) is 12.1 Å². The standard InChI is InChI=1S/C17H20N4O2S/c1-13-4-2-5-14(12-13)24(22,23)21-11-7-15-16(21)6-10-20(15)17-18-8-3-9-19-17/h2-5,8-9,12,15-16H,6-7,10-11H2,1H3/t15-,16-/m0/s1. The molecular weight excluding hydrogens is 324 g/mol. The Kier molecular flexibility index (Phi) is 3.77. The lowest BCUT2D eigenvalue weighted by Gasteiger charge is -2.25. The molecule has 0 aliphatic carbocycles. The summed E-state index contributed by atoms with van der Waals surface area (Å²) in [5.41, 5.74) is 0.956. The molecule has 0 unspecified atom stereocenters. The average molecular weight is 344 g/mol. The van der Waals surface area contributed by atoms with Crippen LogP contribution in [0.4, 0.5) is 5.95 Å². The highest BCUT2D eigenvalue weighted by Crippen LogP contribution is 2.36. The van der Waals surface area contributed by atoms with Gasteiger partial charge >= 0.3 is 0 Å². The zero-order valence-corrected chi connectivity index (χ0v) is 14.4. The first kappa shape index (κ1) is 15.5. The summed E-state index contributed by atoms with van der Waals surface area (Å²) in [4.78, 5) is 11.2. The number of hydrogen-bond acceptors (Lipinski definition) is 5. The molecule has 1 aromatic heterocycles. The summed E-state index contributed by atoms with van der Waals surface area (Å²) >= 11 is 0. The van der Waals surface area contributed by atoms with Crippen LogP contribution in [0, 0.1) is 6.92 Å². The first-order valence-corrected chi connectivity index (χ1v) is 9.63. The van der Waals surface area contributed by atoms with Crippen LogP contribution in [0.15, 0.2) is 47.6 Å². The maximum absolute atomic E-state index is 13.0. The molecule has 0 bridgehead atoms. The summed E-state index contributed by atoms with van der Waals surface area (Å²) in [6, 6.07) is 9.09. The molecule has 2 atom stereocenters. The summed E-state index contributed by atoms with van der Waals surface area (Å²) < 4.78 is 27.8. The SMILES string of the molecule is Cc1cccc(S(=O)(=O)N2CC[C@H]3[C@@H]2CCN3c2ncccn2)c1. The zero-order valence-electron chi connectivity index (χ0n) is 13.5. The maximum Gasteiger partial charge on any atom is 0.243 e. The monoisotopic (exact) mass is 344 g/mol. The molecule has 2 saturated heterocycles. The van der Waals surface area contributed by atoms with Gasteiger partial charge in [-0.15, -0.1) is 0 Å². The molecule has 7 heteroatoms. The number of sulfonamides is 1. The number of anilines is 1. The Morgan fingerprint density at radius 2 is 1.79 bits per heavy atom. The van der Waals surface area contributed by atoms with Gasteiger partial charge in [0.05, 0.1) is 4.90 Å². The quantitative estimate of drug-likeness (QED) is 0.850. The van der Waals surface area contributed by atoms with Crippen LogP contribution in [-0.2, 0) is 10.0 Å². The molecule has 1 aromatic carbocycles. The van der Waals surface area contributed by atoms with Gasteiger partial charge in [-0.25, -0.2) is 18.4 Å². The highest BCUT2D eigenvalue weighted by Gasteiger charge is 2.48. The molecule has 4 rings (SSSR count). The van der Waals surface area contributed by atoms with Gasteiger partial charge in [-0.05, 0) is 43.5 Å². The molecule has 0 spiro atoms. The van der Waals surface area contributed by atoms with E-state index in [2.05, 4.69) is 14.9 Å². The van der Waals surface area contributed by atoms with Crippen molar-refractivity contribution in [1.82, 2.24) is 14.3 Å². The maximum atomic E-state index is 13.0. The molecule has 6 nitrogen and oxygen atoms in total. The van der Waals surface area contributed by atoms with Gasteiger partial charge in [-0.2, -0.15) is 4.31 Å². The third kappa shape index (κ3) is 2.48. The molecule has 0 amide bonds. The number of hydrogen-bond donors (Lipinski definition) is 0. The minimum Gasteiger partial charge on any atom is -0.336 e. The second-order valence-corrected chi connectivity index (χ2v) is 8.28. The molecule has 0 saturated carbocycles. The lowest BCUT2D eigenvalue weighted by molar-refractivity contribution is 0.388. The van der Waals surface area contributed by atoms with Gasteiger partial charge in [-0.3, -0.25) is 0 Å². The van der Waals surface area contributed by atoms with Crippen LogP contribution in [0.3, 0.4) is 0 Å². The Morgan fingerprint density at radius 3 is 2.54 bits per heavy atom. The second-order valence-electron chi connectivity index (χ2n) is 6.39. The minimum atomic E-state index is -3.46. The van der Waals surface area contributed by atoms with Crippen LogP contribution >= 0.6 is 0 Å². The Hall–Kier alpha value is -1.99. The van der Waals surface area contributed by atoms with Crippen molar-refractivity contribution in [3.05, 3.63) is 48.3 Å². The highest BCUT2D eigenvalue weighted by molar-refractivity contribution is 7.89. The van der Waals surface area contributed by atoms with Crippen molar-refractivity contribution in [2.24, 2.45) is 0 Å². The number of fused-ring (bicyclic) bond motifs is 1. The predicted octanol–water partition coefficient (Wildman–Crippen LogP) is 1.83. The van der Waals surface area contributed by atoms with Gasteiger partial charge in [0.25, 0.3) is 0 Å². The zero-order chi connectivity index (χ0) is 16.7. The predicted molar refractivity (Wildman–Crippen MR) is 91.3 cm³/mol. The van der Waals surface area contributed by atoms with Crippen LogP contribution in [0.25, 0.3) is 0 Å². The topological polar surface area (TPSA) is 66.4 Å². The number of nitrogens with zero attached hydrogens (tertiary/aromatic N) is 4. The largest absolute Gasteiger partial charge is 0.336 e. The van der Waals surface area contributed by atoms with Crippen molar-refractivity contribution in [3.63, 3.8) is 0 Å². The van der Waals surface area contributed by atoms with Gasteiger partial charge in [0.2, 0.25) is 16.0 Å². The third-order valence-electron chi connectivity index (χ3n) is 4.93. The van der Waals surface area contributed by atoms with Crippen LogP contribution < -0.4 is 4.90 Å². The average Bonchev–Trinajstić information content (AvgIpc) is 3.17. The number of aryl methyl sites for hydroxylation is 1. The van der Waals surface area contributed by atoms with E-state index in [1.807, 2.05) is 13.0 Å². The van der Waals surface area contributed by atoms with Crippen molar-refractivity contribution in [2.75, 3.05) is 18.0 Å². The molecule has 126 valence electrons. The molecule has 2 aromatic rings. The molecule has 2 aliphatic heterocycles. The highest BCUT2D eigenvalue weighted by atomic mass is 32.2. The van der Waals surface area contributed by atoms with E-state index in [0.717, 1.165) is 24.9 Å². The summed E-state index contributed by atoms with van der Waals surface area (Å²) in [5, 5.41) is 0. The first-order valence-electron chi connectivity index (χ1n) is 8.19. The molecule has 2 aliphatic rings. The molecule has 0 N–H and O–H groups in total. The summed E-state index contributed by atoms with van der Waals surface area (Å²) in [5.74, 6) is 0.694.